The van der Waals surface area contributed by atoms with Crippen LogP contribution < -0.4 is 5.32 Å². The summed E-state index contributed by atoms with van der Waals surface area (Å²) in [4.78, 5) is 24.5. The number of hydrogen-bond donors (Lipinski definition) is 2. The highest BCUT2D eigenvalue weighted by Crippen LogP contribution is 2.21. The number of aliphatic carboxylic acids is 1. The maximum atomic E-state index is 12.0. The molecule has 1 aliphatic rings. The average molecular weight is 321 g/mol. The zero-order valence-corrected chi connectivity index (χ0v) is 14.0. The van der Waals surface area contributed by atoms with Crippen LogP contribution in [-0.2, 0) is 9.59 Å². The maximum absolute atomic E-state index is 12.0. The molecule has 0 aliphatic carbocycles. The molecule has 1 saturated heterocycles. The first-order valence-corrected chi connectivity index (χ1v) is 8.28. The molecule has 2 atom stereocenters. The average Bonchev–Trinajstić information content (AvgIpc) is 2.46. The number of hydrogen-bond acceptors (Lipinski definition) is 4. The van der Waals surface area contributed by atoms with Crippen LogP contribution in [0.15, 0.2) is 11.8 Å². The second-order valence-corrected chi connectivity index (χ2v) is 6.51. The molecule has 2 N–H and O–H groups in total. The van der Waals surface area contributed by atoms with Crippen LogP contribution in [0.4, 0.5) is 0 Å². The van der Waals surface area contributed by atoms with E-state index in [1.807, 2.05) is 6.07 Å². The molecule has 1 heterocycles. The van der Waals surface area contributed by atoms with E-state index in [0.29, 0.717) is 24.8 Å². The molecule has 2 unspecified atom stereocenters. The minimum Gasteiger partial charge on any atom is -0.481 e. The molecule has 1 fully saturated rings. The summed E-state index contributed by atoms with van der Waals surface area (Å²) in [6.45, 7) is 6.57. The summed E-state index contributed by atoms with van der Waals surface area (Å²) in [7, 11) is 0. The molecule has 0 aromatic rings. The number of nitrogens with one attached hydrogen (secondary N) is 1. The predicted octanol–water partition coefficient (Wildman–Crippen LogP) is 2.13. The monoisotopic (exact) mass is 321 g/mol. The van der Waals surface area contributed by atoms with Gasteiger partial charge in [-0.2, -0.15) is 5.26 Å². The third kappa shape index (κ3) is 7.68. The lowest BCUT2D eigenvalue weighted by Gasteiger charge is -2.34. The van der Waals surface area contributed by atoms with Crippen molar-refractivity contribution < 1.29 is 14.7 Å². The Morgan fingerprint density at radius 2 is 1.91 bits per heavy atom. The standard InChI is InChI=1S/C17H27N3O3/c1-13-8-14(2)11-20(10-13)12-15(9-18)17(23)19-7-5-3-4-6-16(21)22/h12-14H,3-8,10-11H2,1-2H3,(H,19,23)(H,21,22)/b15-12-. The minimum absolute atomic E-state index is 0.136. The summed E-state index contributed by atoms with van der Waals surface area (Å²) in [6, 6.07) is 1.98. The number of carboxylic acid groups (broad SMARTS) is 1. The van der Waals surface area contributed by atoms with Crippen molar-refractivity contribution in [1.82, 2.24) is 10.2 Å². The quantitative estimate of drug-likeness (QED) is 0.406. The summed E-state index contributed by atoms with van der Waals surface area (Å²) in [6.07, 6.45) is 5.08. The van der Waals surface area contributed by atoms with Crippen LogP contribution in [0.1, 0.15) is 46.0 Å². The van der Waals surface area contributed by atoms with Gasteiger partial charge in [-0.1, -0.05) is 20.3 Å². The van der Waals surface area contributed by atoms with Gasteiger partial charge in [0.05, 0.1) is 0 Å². The van der Waals surface area contributed by atoms with Gasteiger partial charge in [0.1, 0.15) is 11.6 Å². The fourth-order valence-corrected chi connectivity index (χ4v) is 3.01. The fourth-order valence-electron chi connectivity index (χ4n) is 3.01. The van der Waals surface area contributed by atoms with Gasteiger partial charge in [-0.05, 0) is 31.1 Å². The maximum Gasteiger partial charge on any atom is 0.303 e. The number of piperidine rings is 1. The van der Waals surface area contributed by atoms with Gasteiger partial charge in [0.2, 0.25) is 0 Å². The molecule has 0 saturated carbocycles. The van der Waals surface area contributed by atoms with Gasteiger partial charge < -0.3 is 15.3 Å². The Kier molecular flexibility index (Phi) is 8.17. The number of rotatable bonds is 8. The highest BCUT2D eigenvalue weighted by molar-refractivity contribution is 5.97. The summed E-state index contributed by atoms with van der Waals surface area (Å²) < 4.78 is 0. The van der Waals surface area contributed by atoms with Crippen LogP contribution >= 0.6 is 0 Å². The Hall–Kier alpha value is -2.03. The zero-order chi connectivity index (χ0) is 17.2. The van der Waals surface area contributed by atoms with E-state index in [-0.39, 0.29) is 17.9 Å². The second kappa shape index (κ2) is 9.88. The first kappa shape index (κ1) is 19.0. The largest absolute Gasteiger partial charge is 0.481 e. The second-order valence-electron chi connectivity index (χ2n) is 6.51. The van der Waals surface area contributed by atoms with Crippen LogP contribution in [0.3, 0.4) is 0 Å². The molecule has 0 aromatic heterocycles. The summed E-state index contributed by atoms with van der Waals surface area (Å²) in [5.41, 5.74) is 0.136. The Bertz CT molecular complexity index is 472. The molecule has 1 amide bonds. The van der Waals surface area contributed by atoms with Crippen LogP contribution in [0.2, 0.25) is 0 Å². The SMILES string of the molecule is CC1CC(C)CN(/C=C(/C#N)C(=O)NCCCCCC(=O)O)C1. The van der Waals surface area contributed by atoms with Gasteiger partial charge in [-0.3, -0.25) is 9.59 Å². The number of carbonyl (C=O) groups excluding carboxylic acids is 1. The van der Waals surface area contributed by atoms with Crippen molar-refractivity contribution in [1.29, 1.82) is 5.26 Å². The van der Waals surface area contributed by atoms with E-state index >= 15 is 0 Å². The molecule has 0 spiro atoms. The van der Waals surface area contributed by atoms with Crippen molar-refractivity contribution in [2.45, 2.75) is 46.0 Å². The number of nitriles is 1. The third-order valence-corrected chi connectivity index (χ3v) is 3.93. The first-order valence-electron chi connectivity index (χ1n) is 8.28. The molecular weight excluding hydrogens is 294 g/mol. The normalized spacial score (nSPS) is 21.6. The van der Waals surface area contributed by atoms with Crippen molar-refractivity contribution in [3.8, 4) is 6.07 Å². The Morgan fingerprint density at radius 3 is 2.48 bits per heavy atom. The van der Waals surface area contributed by atoms with Crippen molar-refractivity contribution in [2.75, 3.05) is 19.6 Å². The highest BCUT2D eigenvalue weighted by Gasteiger charge is 2.21. The van der Waals surface area contributed by atoms with Gasteiger partial charge >= 0.3 is 5.97 Å². The molecule has 1 rings (SSSR count). The Morgan fingerprint density at radius 1 is 1.26 bits per heavy atom. The van der Waals surface area contributed by atoms with Gasteiger partial charge in [0.15, 0.2) is 0 Å². The Balaban J connectivity index is 2.38. The van der Waals surface area contributed by atoms with E-state index in [1.165, 1.54) is 6.42 Å². The van der Waals surface area contributed by atoms with Crippen molar-refractivity contribution in [3.05, 3.63) is 11.8 Å². The van der Waals surface area contributed by atoms with E-state index in [1.54, 1.807) is 6.20 Å². The molecule has 128 valence electrons. The van der Waals surface area contributed by atoms with Crippen molar-refractivity contribution >= 4 is 11.9 Å². The van der Waals surface area contributed by atoms with Crippen LogP contribution in [-0.4, -0.2) is 41.5 Å². The molecule has 23 heavy (non-hydrogen) atoms. The van der Waals surface area contributed by atoms with E-state index in [9.17, 15) is 14.9 Å². The molecule has 0 aromatic carbocycles. The van der Waals surface area contributed by atoms with Crippen LogP contribution in [0.25, 0.3) is 0 Å². The van der Waals surface area contributed by atoms with Gasteiger partial charge in [0.25, 0.3) is 5.91 Å². The molecule has 6 heteroatoms. The molecule has 0 bridgehead atoms. The molecule has 0 radical (unpaired) electrons. The topological polar surface area (TPSA) is 93.4 Å². The first-order chi connectivity index (χ1) is 10.9. The van der Waals surface area contributed by atoms with Gasteiger partial charge in [-0.15, -0.1) is 0 Å². The number of carboxylic acids is 1. The number of nitrogens with zero attached hydrogens (tertiary/aromatic N) is 2. The van der Waals surface area contributed by atoms with Gasteiger partial charge in [-0.25, -0.2) is 0 Å². The smallest absolute Gasteiger partial charge is 0.303 e. The van der Waals surface area contributed by atoms with Crippen LogP contribution in [0, 0.1) is 23.2 Å². The van der Waals surface area contributed by atoms with Crippen LogP contribution in [0.5, 0.6) is 0 Å². The number of amides is 1. The van der Waals surface area contributed by atoms with E-state index in [2.05, 4.69) is 24.1 Å². The van der Waals surface area contributed by atoms with Gasteiger partial charge in [0, 0.05) is 32.3 Å². The zero-order valence-electron chi connectivity index (χ0n) is 14.0. The lowest BCUT2D eigenvalue weighted by Crippen LogP contribution is -2.36. The highest BCUT2D eigenvalue weighted by atomic mass is 16.4. The Labute approximate surface area is 138 Å². The number of unbranched alkanes of at least 4 members (excludes halogenated alkanes) is 2. The summed E-state index contributed by atoms with van der Waals surface area (Å²) >= 11 is 0. The number of carbonyl (C=O) groups is 2. The fraction of sp³-hybridized carbons (Fsp3) is 0.706. The molecule has 6 nitrogen and oxygen atoms in total. The lowest BCUT2D eigenvalue weighted by molar-refractivity contribution is -0.137. The van der Waals surface area contributed by atoms with Crippen molar-refractivity contribution in [3.63, 3.8) is 0 Å². The van der Waals surface area contributed by atoms with Crippen molar-refractivity contribution in [2.24, 2.45) is 11.8 Å². The van der Waals surface area contributed by atoms with E-state index in [0.717, 1.165) is 25.9 Å². The molecular formula is C17H27N3O3. The van der Waals surface area contributed by atoms with E-state index < -0.39 is 5.97 Å². The minimum atomic E-state index is -0.797. The van der Waals surface area contributed by atoms with E-state index in [4.69, 9.17) is 5.11 Å². The third-order valence-electron chi connectivity index (χ3n) is 3.93. The molecule has 1 aliphatic heterocycles. The lowest BCUT2D eigenvalue weighted by atomic mass is 9.92. The predicted molar refractivity (Wildman–Crippen MR) is 87.3 cm³/mol. The summed E-state index contributed by atoms with van der Waals surface area (Å²) in [5.74, 6) is -0.0233. The summed E-state index contributed by atoms with van der Waals surface area (Å²) in [5, 5.41) is 20.5. The number of likely N-dealkylation sites (tertiary alicyclic amines) is 1.